The largest absolute Gasteiger partial charge is 0.397 e. The predicted molar refractivity (Wildman–Crippen MR) is 79.5 cm³/mol. The van der Waals surface area contributed by atoms with Crippen LogP contribution in [0.3, 0.4) is 0 Å². The van der Waals surface area contributed by atoms with Gasteiger partial charge in [-0.1, -0.05) is 24.9 Å². The number of halogens is 1. The Morgan fingerprint density at radius 3 is 2.90 bits per heavy atom. The summed E-state index contributed by atoms with van der Waals surface area (Å²) < 4.78 is 0. The molecule has 0 spiro atoms. The molecule has 0 radical (unpaired) electrons. The molecule has 1 unspecified atom stereocenters. The van der Waals surface area contributed by atoms with E-state index >= 15 is 0 Å². The second kappa shape index (κ2) is 6.13. The zero-order valence-electron chi connectivity index (χ0n) is 11.4. The van der Waals surface area contributed by atoms with Crippen LogP contribution >= 0.6 is 11.6 Å². The van der Waals surface area contributed by atoms with Crippen molar-refractivity contribution in [2.75, 3.05) is 24.1 Å². The number of nitrogen functional groups attached to an aromatic ring is 1. The maximum absolute atomic E-state index is 12.0. The zero-order valence-corrected chi connectivity index (χ0v) is 12.1. The second-order valence-electron chi connectivity index (χ2n) is 5.03. The molecule has 108 valence electrons. The summed E-state index contributed by atoms with van der Waals surface area (Å²) >= 11 is 5.80. The van der Waals surface area contributed by atoms with Gasteiger partial charge in [-0.05, 0) is 24.1 Å². The van der Waals surface area contributed by atoms with Gasteiger partial charge < -0.3 is 16.0 Å². The summed E-state index contributed by atoms with van der Waals surface area (Å²) in [4.78, 5) is 25.3. The van der Waals surface area contributed by atoms with Gasteiger partial charge in [0.25, 0.3) is 0 Å². The Morgan fingerprint density at radius 2 is 2.30 bits per heavy atom. The third kappa shape index (κ3) is 3.42. The van der Waals surface area contributed by atoms with Crippen molar-refractivity contribution in [2.24, 2.45) is 5.92 Å². The van der Waals surface area contributed by atoms with Crippen LogP contribution < -0.4 is 11.1 Å². The first kappa shape index (κ1) is 14.7. The summed E-state index contributed by atoms with van der Waals surface area (Å²) in [6.45, 7) is 2.77. The first-order valence-corrected chi connectivity index (χ1v) is 7.00. The first-order chi connectivity index (χ1) is 9.49. The van der Waals surface area contributed by atoms with Gasteiger partial charge in [-0.15, -0.1) is 0 Å². The first-order valence-electron chi connectivity index (χ1n) is 6.62. The van der Waals surface area contributed by atoms with Gasteiger partial charge in [0.2, 0.25) is 11.8 Å². The molecule has 1 aliphatic heterocycles. The number of benzene rings is 1. The number of carbonyl (C=O) groups excluding carboxylic acids is 2. The molecule has 1 saturated heterocycles. The third-order valence-electron chi connectivity index (χ3n) is 3.49. The fraction of sp³-hybridized carbons (Fsp3) is 0.429. The summed E-state index contributed by atoms with van der Waals surface area (Å²) in [7, 11) is 0. The summed E-state index contributed by atoms with van der Waals surface area (Å²) in [5.74, 6) is 0.149. The summed E-state index contributed by atoms with van der Waals surface area (Å²) in [6, 6.07) is 4.88. The van der Waals surface area contributed by atoms with Crippen molar-refractivity contribution < 1.29 is 9.59 Å². The van der Waals surface area contributed by atoms with Crippen LogP contribution in [0.15, 0.2) is 18.2 Å². The number of amides is 2. The number of hydrogen-bond donors (Lipinski definition) is 2. The normalized spacial score (nSPS) is 18.4. The Hall–Kier alpha value is -1.75. The molecule has 1 fully saturated rings. The molecule has 2 amide bonds. The third-order valence-corrected chi connectivity index (χ3v) is 3.73. The average Bonchev–Trinajstić information content (AvgIpc) is 2.74. The van der Waals surface area contributed by atoms with Crippen molar-refractivity contribution in [3.63, 3.8) is 0 Å². The maximum atomic E-state index is 12.0. The Labute approximate surface area is 123 Å². The number of likely N-dealkylation sites (tertiary alicyclic amines) is 1. The Morgan fingerprint density at radius 1 is 1.55 bits per heavy atom. The Bertz CT molecular complexity index is 533. The van der Waals surface area contributed by atoms with Crippen LogP contribution in [-0.4, -0.2) is 29.8 Å². The lowest BCUT2D eigenvalue weighted by Gasteiger charge is -2.16. The highest BCUT2D eigenvalue weighted by Gasteiger charge is 2.29. The lowest BCUT2D eigenvalue weighted by atomic mass is 10.1. The fourth-order valence-electron chi connectivity index (χ4n) is 2.29. The molecule has 6 heteroatoms. The topological polar surface area (TPSA) is 75.4 Å². The monoisotopic (exact) mass is 295 g/mol. The highest BCUT2D eigenvalue weighted by Crippen LogP contribution is 2.23. The van der Waals surface area contributed by atoms with Gasteiger partial charge in [0.05, 0.1) is 17.9 Å². The second-order valence-corrected chi connectivity index (χ2v) is 5.47. The quantitative estimate of drug-likeness (QED) is 0.836. The van der Waals surface area contributed by atoms with Crippen molar-refractivity contribution in [1.29, 1.82) is 0 Å². The van der Waals surface area contributed by atoms with Crippen LogP contribution in [0.5, 0.6) is 0 Å². The molecular formula is C14H18ClN3O2. The highest BCUT2D eigenvalue weighted by atomic mass is 35.5. The van der Waals surface area contributed by atoms with Crippen molar-refractivity contribution in [2.45, 2.75) is 19.8 Å². The van der Waals surface area contributed by atoms with Gasteiger partial charge in [0, 0.05) is 18.0 Å². The minimum absolute atomic E-state index is 0.0380. The number of nitrogens with two attached hydrogens (primary N) is 1. The predicted octanol–water partition coefficient (Wildman–Crippen LogP) is 2.12. The van der Waals surface area contributed by atoms with E-state index < -0.39 is 0 Å². The summed E-state index contributed by atoms with van der Waals surface area (Å²) in [6.07, 6.45) is 1.49. The van der Waals surface area contributed by atoms with Crippen molar-refractivity contribution in [1.82, 2.24) is 4.90 Å². The minimum Gasteiger partial charge on any atom is -0.397 e. The van der Waals surface area contributed by atoms with E-state index in [9.17, 15) is 9.59 Å². The van der Waals surface area contributed by atoms with E-state index in [0.717, 1.165) is 6.42 Å². The molecule has 20 heavy (non-hydrogen) atoms. The van der Waals surface area contributed by atoms with E-state index in [1.807, 2.05) is 0 Å². The maximum Gasteiger partial charge on any atom is 0.244 e. The van der Waals surface area contributed by atoms with Gasteiger partial charge in [-0.25, -0.2) is 0 Å². The van der Waals surface area contributed by atoms with Gasteiger partial charge in [-0.2, -0.15) is 0 Å². The van der Waals surface area contributed by atoms with Gasteiger partial charge >= 0.3 is 0 Å². The van der Waals surface area contributed by atoms with E-state index in [2.05, 4.69) is 12.2 Å². The Kier molecular flexibility index (Phi) is 4.49. The number of hydrogen-bond acceptors (Lipinski definition) is 3. The standard InChI is InChI=1S/C14H18ClN3O2/c1-2-9-5-14(20)18(7-9)8-13(19)17-12-4-3-10(15)6-11(12)16/h3-4,6,9H,2,5,7-8,16H2,1H3,(H,17,19). The van der Waals surface area contributed by atoms with Crippen molar-refractivity contribution in [3.8, 4) is 0 Å². The molecular weight excluding hydrogens is 278 g/mol. The molecule has 0 aromatic heterocycles. The smallest absolute Gasteiger partial charge is 0.244 e. The number of carbonyl (C=O) groups is 2. The molecule has 0 saturated carbocycles. The molecule has 1 aromatic rings. The molecule has 1 aliphatic rings. The van der Waals surface area contributed by atoms with Gasteiger partial charge in [-0.3, -0.25) is 9.59 Å². The lowest BCUT2D eigenvalue weighted by Crippen LogP contribution is -2.34. The molecule has 1 aromatic carbocycles. The lowest BCUT2D eigenvalue weighted by molar-refractivity contribution is -0.131. The van der Waals surface area contributed by atoms with E-state index in [0.29, 0.717) is 35.3 Å². The van der Waals surface area contributed by atoms with Crippen molar-refractivity contribution >= 4 is 34.8 Å². The molecule has 1 heterocycles. The summed E-state index contributed by atoms with van der Waals surface area (Å²) in [5, 5.41) is 3.22. The SMILES string of the molecule is CCC1CC(=O)N(CC(=O)Nc2ccc(Cl)cc2N)C1. The Balaban J connectivity index is 1.94. The molecule has 5 nitrogen and oxygen atoms in total. The van der Waals surface area contributed by atoms with E-state index in [4.69, 9.17) is 17.3 Å². The fourth-order valence-corrected chi connectivity index (χ4v) is 2.47. The average molecular weight is 296 g/mol. The van der Waals surface area contributed by atoms with Crippen LogP contribution in [0.4, 0.5) is 11.4 Å². The van der Waals surface area contributed by atoms with E-state index in [1.54, 1.807) is 23.1 Å². The molecule has 3 N–H and O–H groups in total. The van der Waals surface area contributed by atoms with Gasteiger partial charge in [0.15, 0.2) is 0 Å². The van der Waals surface area contributed by atoms with Crippen LogP contribution in [-0.2, 0) is 9.59 Å². The van der Waals surface area contributed by atoms with E-state index in [1.165, 1.54) is 0 Å². The number of nitrogens with one attached hydrogen (secondary N) is 1. The van der Waals surface area contributed by atoms with Crippen LogP contribution in [0.1, 0.15) is 19.8 Å². The van der Waals surface area contributed by atoms with Crippen molar-refractivity contribution in [3.05, 3.63) is 23.2 Å². The molecule has 0 aliphatic carbocycles. The number of rotatable bonds is 4. The van der Waals surface area contributed by atoms with E-state index in [-0.39, 0.29) is 18.4 Å². The summed E-state index contributed by atoms with van der Waals surface area (Å²) in [5.41, 5.74) is 6.69. The zero-order chi connectivity index (χ0) is 14.7. The molecule has 2 rings (SSSR count). The van der Waals surface area contributed by atoms with Crippen LogP contribution in [0.2, 0.25) is 5.02 Å². The number of anilines is 2. The minimum atomic E-state index is -0.246. The van der Waals surface area contributed by atoms with Crippen LogP contribution in [0, 0.1) is 5.92 Å². The molecule has 0 bridgehead atoms. The highest BCUT2D eigenvalue weighted by molar-refractivity contribution is 6.31. The van der Waals surface area contributed by atoms with Gasteiger partial charge in [0.1, 0.15) is 0 Å². The molecule has 1 atom stereocenters. The van der Waals surface area contributed by atoms with Crippen LogP contribution in [0.25, 0.3) is 0 Å². The number of nitrogens with zero attached hydrogens (tertiary/aromatic N) is 1.